The number of benzene rings is 2. The summed E-state index contributed by atoms with van der Waals surface area (Å²) in [6, 6.07) is 18.1. The second-order valence-corrected chi connectivity index (χ2v) is 8.42. The van der Waals surface area contributed by atoms with Crippen molar-refractivity contribution in [3.8, 4) is 0 Å². The van der Waals surface area contributed by atoms with Crippen LogP contribution in [0, 0.1) is 0 Å². The van der Waals surface area contributed by atoms with Gasteiger partial charge in [0.2, 0.25) is 11.8 Å². The van der Waals surface area contributed by atoms with Gasteiger partial charge >= 0.3 is 0 Å². The van der Waals surface area contributed by atoms with Crippen LogP contribution in [0.5, 0.6) is 0 Å². The molecule has 0 aliphatic carbocycles. The Morgan fingerprint density at radius 3 is 2.58 bits per heavy atom. The molecule has 1 aromatic heterocycles. The monoisotopic (exact) mass is 443 g/mol. The molecule has 1 unspecified atom stereocenters. The van der Waals surface area contributed by atoms with Crippen LogP contribution in [-0.2, 0) is 22.4 Å². The fraction of sp³-hybridized carbons (Fsp3) is 0.269. The maximum absolute atomic E-state index is 12.9. The summed E-state index contributed by atoms with van der Waals surface area (Å²) in [5, 5.41) is 2.90. The van der Waals surface area contributed by atoms with E-state index >= 15 is 0 Å². The molecule has 0 spiro atoms. The molecule has 0 radical (unpaired) electrons. The van der Waals surface area contributed by atoms with Gasteiger partial charge in [0.05, 0.1) is 12.7 Å². The quantitative estimate of drug-likeness (QED) is 0.653. The summed E-state index contributed by atoms with van der Waals surface area (Å²) in [4.78, 5) is 41.7. The zero-order chi connectivity index (χ0) is 22.8. The Hall–Kier alpha value is -3.87. The molecule has 7 nitrogen and oxygen atoms in total. The van der Waals surface area contributed by atoms with E-state index in [-0.39, 0.29) is 23.5 Å². The zero-order valence-electron chi connectivity index (χ0n) is 18.2. The van der Waals surface area contributed by atoms with Gasteiger partial charge in [0.1, 0.15) is 6.04 Å². The average molecular weight is 444 g/mol. The van der Waals surface area contributed by atoms with E-state index in [0.717, 1.165) is 24.1 Å². The Morgan fingerprint density at radius 1 is 0.970 bits per heavy atom. The first kappa shape index (κ1) is 21.0. The van der Waals surface area contributed by atoms with Crippen molar-refractivity contribution in [2.75, 3.05) is 23.3 Å². The van der Waals surface area contributed by atoms with Crippen molar-refractivity contribution in [3.63, 3.8) is 0 Å². The molecule has 3 amide bonds. The molecule has 3 aromatic rings. The van der Waals surface area contributed by atoms with Crippen molar-refractivity contribution in [3.05, 3.63) is 83.8 Å². The first-order valence-electron chi connectivity index (χ1n) is 11.2. The molecule has 2 aliphatic heterocycles. The van der Waals surface area contributed by atoms with E-state index in [9.17, 15) is 14.4 Å². The van der Waals surface area contributed by atoms with Gasteiger partial charge in [-0.3, -0.25) is 14.4 Å². The summed E-state index contributed by atoms with van der Waals surface area (Å²) in [5.41, 5.74) is 3.73. The van der Waals surface area contributed by atoms with Crippen LogP contribution in [0.15, 0.2) is 71.3 Å². The highest BCUT2D eigenvalue weighted by Gasteiger charge is 2.35. The predicted molar refractivity (Wildman–Crippen MR) is 124 cm³/mol. The summed E-state index contributed by atoms with van der Waals surface area (Å²) < 4.78 is 5.20. The van der Waals surface area contributed by atoms with Crippen LogP contribution in [0.4, 0.5) is 11.4 Å². The number of nitrogens with zero attached hydrogens (tertiary/aromatic N) is 2. The van der Waals surface area contributed by atoms with E-state index in [0.29, 0.717) is 31.6 Å². The summed E-state index contributed by atoms with van der Waals surface area (Å²) in [6.45, 7) is 1.24. The van der Waals surface area contributed by atoms with Gasteiger partial charge in [-0.15, -0.1) is 0 Å². The Kier molecular flexibility index (Phi) is 5.69. The molecular formula is C26H25N3O4. The molecule has 3 heterocycles. The number of likely N-dealkylation sites (tertiary alicyclic amines) is 1. The summed E-state index contributed by atoms with van der Waals surface area (Å²) in [5.74, 6) is -0.181. The van der Waals surface area contributed by atoms with Crippen molar-refractivity contribution >= 4 is 29.1 Å². The minimum atomic E-state index is -0.529. The first-order chi connectivity index (χ1) is 16.1. The number of hydrogen-bond donors (Lipinski definition) is 1. The molecule has 2 aliphatic rings. The van der Waals surface area contributed by atoms with E-state index < -0.39 is 6.04 Å². The van der Waals surface area contributed by atoms with Gasteiger partial charge in [0.25, 0.3) is 5.91 Å². The van der Waals surface area contributed by atoms with Gasteiger partial charge in [-0.25, -0.2) is 0 Å². The minimum absolute atomic E-state index is 0.0646. The third-order valence-electron chi connectivity index (χ3n) is 6.31. The fourth-order valence-electron chi connectivity index (χ4n) is 4.62. The van der Waals surface area contributed by atoms with Crippen LogP contribution < -0.4 is 10.2 Å². The van der Waals surface area contributed by atoms with Crippen molar-refractivity contribution in [2.24, 2.45) is 0 Å². The molecule has 2 aromatic carbocycles. The molecule has 168 valence electrons. The van der Waals surface area contributed by atoms with Crippen LogP contribution in [-0.4, -0.2) is 41.8 Å². The van der Waals surface area contributed by atoms with E-state index in [4.69, 9.17) is 4.42 Å². The lowest BCUT2D eigenvalue weighted by Crippen LogP contribution is -2.43. The zero-order valence-corrected chi connectivity index (χ0v) is 18.2. The Bertz CT molecular complexity index is 1170. The van der Waals surface area contributed by atoms with Crippen LogP contribution in [0.1, 0.15) is 34.5 Å². The number of para-hydroxylation sites is 1. The molecule has 7 heteroatoms. The van der Waals surface area contributed by atoms with Gasteiger partial charge in [0.15, 0.2) is 5.76 Å². The standard InChI is InChI=1S/C26H25N3O4/c30-24(28-15-13-19-5-1-2-6-21(19)28)17-18-9-11-20(12-10-18)27-25(31)22-7-3-14-29(22)26(32)23-8-4-16-33-23/h1-2,4-6,8-12,16,22H,3,7,13-15,17H2,(H,27,31). The number of furan rings is 1. The van der Waals surface area contributed by atoms with E-state index in [2.05, 4.69) is 11.4 Å². The van der Waals surface area contributed by atoms with Gasteiger partial charge < -0.3 is 19.5 Å². The highest BCUT2D eigenvalue weighted by atomic mass is 16.3. The van der Waals surface area contributed by atoms with Gasteiger partial charge in [-0.1, -0.05) is 30.3 Å². The molecule has 0 bridgehead atoms. The van der Waals surface area contributed by atoms with Gasteiger partial charge in [0, 0.05) is 24.5 Å². The highest BCUT2D eigenvalue weighted by molar-refractivity contribution is 6.00. The molecule has 5 rings (SSSR count). The van der Waals surface area contributed by atoms with Crippen LogP contribution >= 0.6 is 0 Å². The minimum Gasteiger partial charge on any atom is -0.459 e. The lowest BCUT2D eigenvalue weighted by atomic mass is 10.1. The molecule has 0 saturated carbocycles. The third-order valence-corrected chi connectivity index (χ3v) is 6.31. The maximum atomic E-state index is 12.9. The Labute approximate surface area is 192 Å². The third kappa shape index (κ3) is 4.26. The Balaban J connectivity index is 1.20. The summed E-state index contributed by atoms with van der Waals surface area (Å²) >= 11 is 0. The maximum Gasteiger partial charge on any atom is 0.290 e. The Morgan fingerprint density at radius 2 is 1.79 bits per heavy atom. The number of hydrogen-bond acceptors (Lipinski definition) is 4. The van der Waals surface area contributed by atoms with Crippen molar-refractivity contribution in [2.45, 2.75) is 31.7 Å². The topological polar surface area (TPSA) is 82.9 Å². The number of anilines is 2. The molecule has 1 N–H and O–H groups in total. The van der Waals surface area contributed by atoms with Crippen molar-refractivity contribution < 1.29 is 18.8 Å². The lowest BCUT2D eigenvalue weighted by molar-refractivity contribution is -0.120. The van der Waals surface area contributed by atoms with Crippen molar-refractivity contribution in [1.29, 1.82) is 0 Å². The van der Waals surface area contributed by atoms with E-state index in [1.165, 1.54) is 11.8 Å². The molecule has 1 atom stereocenters. The SMILES string of the molecule is O=C(Nc1ccc(CC(=O)N2CCc3ccccc32)cc1)C1CCCN1C(=O)c1ccco1. The van der Waals surface area contributed by atoms with Gasteiger partial charge in [-0.2, -0.15) is 0 Å². The summed E-state index contributed by atoms with van der Waals surface area (Å²) in [6.07, 6.45) is 4.02. The predicted octanol–water partition coefficient (Wildman–Crippen LogP) is 3.65. The second kappa shape index (κ2) is 8.94. The first-order valence-corrected chi connectivity index (χ1v) is 11.2. The molecule has 1 saturated heterocycles. The van der Waals surface area contributed by atoms with E-state index in [1.54, 1.807) is 29.2 Å². The smallest absolute Gasteiger partial charge is 0.290 e. The number of nitrogens with one attached hydrogen (secondary N) is 1. The molecular weight excluding hydrogens is 418 g/mol. The number of carbonyl (C=O) groups is 3. The number of amides is 3. The summed E-state index contributed by atoms with van der Waals surface area (Å²) in [7, 11) is 0. The molecule has 33 heavy (non-hydrogen) atoms. The molecule has 1 fully saturated rings. The highest BCUT2D eigenvalue weighted by Crippen LogP contribution is 2.28. The number of carbonyl (C=O) groups excluding carboxylic acids is 3. The normalized spacial score (nSPS) is 17.2. The van der Waals surface area contributed by atoms with E-state index in [1.807, 2.05) is 35.2 Å². The van der Waals surface area contributed by atoms with Crippen molar-refractivity contribution in [1.82, 2.24) is 4.90 Å². The van der Waals surface area contributed by atoms with Crippen LogP contribution in [0.2, 0.25) is 0 Å². The van der Waals surface area contributed by atoms with Gasteiger partial charge in [-0.05, 0) is 60.7 Å². The number of fused-ring (bicyclic) bond motifs is 1. The van der Waals surface area contributed by atoms with Crippen LogP contribution in [0.25, 0.3) is 0 Å². The second-order valence-electron chi connectivity index (χ2n) is 8.42. The number of rotatable bonds is 5. The lowest BCUT2D eigenvalue weighted by Gasteiger charge is -2.23. The largest absolute Gasteiger partial charge is 0.459 e. The fourth-order valence-corrected chi connectivity index (χ4v) is 4.62. The van der Waals surface area contributed by atoms with Crippen LogP contribution in [0.3, 0.4) is 0 Å². The average Bonchev–Trinajstić information content (AvgIpc) is 3.60.